The summed E-state index contributed by atoms with van der Waals surface area (Å²) >= 11 is 1.98. The van der Waals surface area contributed by atoms with E-state index in [-0.39, 0.29) is 16.7 Å². The molecule has 1 atom stereocenters. The van der Waals surface area contributed by atoms with E-state index < -0.39 is 11.6 Å². The van der Waals surface area contributed by atoms with Crippen LogP contribution in [0.2, 0.25) is 0 Å². The Balaban J connectivity index is 1.79. The number of hydrogen-bond donors (Lipinski definition) is 2. The molecule has 6 heteroatoms. The average molecular weight is 327 g/mol. The van der Waals surface area contributed by atoms with Crippen LogP contribution in [0, 0.1) is 11.6 Å². The van der Waals surface area contributed by atoms with E-state index >= 15 is 0 Å². The summed E-state index contributed by atoms with van der Waals surface area (Å²) in [5.41, 5.74) is 0.115. The van der Waals surface area contributed by atoms with Crippen LogP contribution in [0.15, 0.2) is 23.2 Å². The van der Waals surface area contributed by atoms with Gasteiger partial charge >= 0.3 is 0 Å². The minimum absolute atomic E-state index is 0.115. The Morgan fingerprint density at radius 2 is 2.05 bits per heavy atom. The molecule has 1 aromatic rings. The van der Waals surface area contributed by atoms with Crippen molar-refractivity contribution in [2.24, 2.45) is 4.99 Å². The molecule has 1 aliphatic heterocycles. The van der Waals surface area contributed by atoms with Crippen LogP contribution in [0.3, 0.4) is 0 Å². The van der Waals surface area contributed by atoms with E-state index in [1.807, 2.05) is 11.8 Å². The van der Waals surface area contributed by atoms with Gasteiger partial charge in [-0.15, -0.1) is 0 Å². The van der Waals surface area contributed by atoms with Crippen LogP contribution in [0.25, 0.3) is 0 Å². The predicted molar refractivity (Wildman–Crippen MR) is 89.5 cm³/mol. The molecule has 2 rings (SSSR count). The lowest BCUT2D eigenvalue weighted by molar-refractivity contribution is 0.551. The van der Waals surface area contributed by atoms with Gasteiger partial charge in [0.25, 0.3) is 0 Å². The Kier molecular flexibility index (Phi) is 6.06. The van der Waals surface area contributed by atoms with E-state index in [2.05, 4.69) is 22.5 Å². The van der Waals surface area contributed by atoms with E-state index in [4.69, 9.17) is 0 Å². The minimum Gasteiger partial charge on any atom is -0.356 e. The number of nitrogens with one attached hydrogen (secondary N) is 2. The van der Waals surface area contributed by atoms with Crippen molar-refractivity contribution in [1.29, 1.82) is 0 Å². The molecule has 1 fully saturated rings. The number of aliphatic imine (C=N–C) groups is 1. The molecule has 2 N–H and O–H groups in total. The summed E-state index contributed by atoms with van der Waals surface area (Å²) in [7, 11) is 1.70. The Labute approximate surface area is 135 Å². The summed E-state index contributed by atoms with van der Waals surface area (Å²) in [6.45, 7) is 3.52. The summed E-state index contributed by atoms with van der Waals surface area (Å²) in [6, 6.07) is 3.94. The van der Waals surface area contributed by atoms with E-state index in [1.165, 1.54) is 36.8 Å². The highest BCUT2D eigenvalue weighted by Crippen LogP contribution is 2.36. The van der Waals surface area contributed by atoms with Crippen molar-refractivity contribution in [1.82, 2.24) is 10.6 Å². The topological polar surface area (TPSA) is 36.4 Å². The largest absolute Gasteiger partial charge is 0.356 e. The Morgan fingerprint density at radius 3 is 2.64 bits per heavy atom. The molecule has 0 bridgehead atoms. The number of guanidine groups is 1. The third-order valence-corrected chi connectivity index (χ3v) is 5.42. The summed E-state index contributed by atoms with van der Waals surface area (Å²) in [4.78, 5) is 4.15. The number of benzene rings is 1. The third-order valence-electron chi connectivity index (χ3n) is 3.88. The van der Waals surface area contributed by atoms with Crippen LogP contribution in [-0.2, 0) is 6.42 Å². The van der Waals surface area contributed by atoms with Gasteiger partial charge in [-0.05, 0) is 44.1 Å². The molecule has 122 valence electrons. The molecule has 22 heavy (non-hydrogen) atoms. The van der Waals surface area contributed by atoms with Crippen LogP contribution in [0.4, 0.5) is 8.78 Å². The summed E-state index contributed by atoms with van der Waals surface area (Å²) in [5.74, 6) is 0.876. The monoisotopic (exact) mass is 327 g/mol. The molecule has 1 aromatic carbocycles. The van der Waals surface area contributed by atoms with Gasteiger partial charge in [-0.1, -0.05) is 6.07 Å². The van der Waals surface area contributed by atoms with E-state index in [1.54, 1.807) is 7.05 Å². The van der Waals surface area contributed by atoms with Crippen LogP contribution in [0.5, 0.6) is 0 Å². The molecule has 1 heterocycles. The van der Waals surface area contributed by atoms with E-state index in [0.717, 1.165) is 6.54 Å². The van der Waals surface area contributed by atoms with E-state index in [0.29, 0.717) is 12.5 Å². The van der Waals surface area contributed by atoms with Gasteiger partial charge in [0.1, 0.15) is 11.6 Å². The molecular formula is C16H23F2N3S. The third kappa shape index (κ3) is 4.60. The van der Waals surface area contributed by atoms with Crippen molar-refractivity contribution >= 4 is 17.7 Å². The van der Waals surface area contributed by atoms with Crippen LogP contribution < -0.4 is 10.6 Å². The normalized spacial score (nSPS) is 21.9. The highest BCUT2D eigenvalue weighted by molar-refractivity contribution is 8.00. The fourth-order valence-corrected chi connectivity index (χ4v) is 3.79. The Morgan fingerprint density at radius 1 is 1.32 bits per heavy atom. The quantitative estimate of drug-likeness (QED) is 0.645. The lowest BCUT2D eigenvalue weighted by Gasteiger charge is -2.24. The first-order valence-electron chi connectivity index (χ1n) is 7.55. The number of nitrogens with zero attached hydrogens (tertiary/aromatic N) is 1. The molecule has 0 amide bonds. The van der Waals surface area contributed by atoms with Crippen molar-refractivity contribution in [3.8, 4) is 0 Å². The van der Waals surface area contributed by atoms with Crippen molar-refractivity contribution in [3.05, 3.63) is 35.4 Å². The second-order valence-corrected chi connectivity index (χ2v) is 7.39. The van der Waals surface area contributed by atoms with Crippen molar-refractivity contribution in [3.63, 3.8) is 0 Å². The van der Waals surface area contributed by atoms with Gasteiger partial charge in [-0.3, -0.25) is 4.99 Å². The fourth-order valence-electron chi connectivity index (χ4n) is 2.54. The van der Waals surface area contributed by atoms with Crippen LogP contribution >= 0.6 is 11.8 Å². The van der Waals surface area contributed by atoms with Crippen LogP contribution in [-0.4, -0.2) is 36.6 Å². The maximum absolute atomic E-state index is 13.5. The lowest BCUT2D eigenvalue weighted by Crippen LogP contribution is -2.44. The average Bonchev–Trinajstić information content (AvgIpc) is 2.92. The smallest absolute Gasteiger partial charge is 0.191 e. The Hall–Kier alpha value is -1.30. The SMILES string of the molecule is CN=C(NCCc1c(F)cccc1F)NCC1(C)CCCS1. The number of hydrogen-bond acceptors (Lipinski definition) is 2. The van der Waals surface area contributed by atoms with Gasteiger partial charge in [0.15, 0.2) is 5.96 Å². The highest BCUT2D eigenvalue weighted by Gasteiger charge is 2.29. The minimum atomic E-state index is -0.500. The zero-order valence-electron chi connectivity index (χ0n) is 13.1. The molecular weight excluding hydrogens is 304 g/mol. The van der Waals surface area contributed by atoms with Gasteiger partial charge in [-0.25, -0.2) is 8.78 Å². The second-order valence-electron chi connectivity index (χ2n) is 5.70. The molecule has 0 aliphatic carbocycles. The van der Waals surface area contributed by atoms with Gasteiger partial charge in [0, 0.05) is 30.4 Å². The zero-order chi connectivity index (χ0) is 16.0. The lowest BCUT2D eigenvalue weighted by atomic mass is 10.1. The molecule has 1 aliphatic rings. The van der Waals surface area contributed by atoms with E-state index in [9.17, 15) is 8.78 Å². The predicted octanol–water partition coefficient (Wildman–Crippen LogP) is 2.96. The number of halogens is 2. The van der Waals surface area contributed by atoms with Crippen LogP contribution in [0.1, 0.15) is 25.3 Å². The summed E-state index contributed by atoms with van der Waals surface area (Å²) in [5, 5.41) is 6.41. The molecule has 0 spiro atoms. The first-order chi connectivity index (χ1) is 10.5. The number of thioether (sulfide) groups is 1. The first-order valence-corrected chi connectivity index (χ1v) is 8.54. The molecule has 0 aromatic heterocycles. The van der Waals surface area contributed by atoms with Gasteiger partial charge in [-0.2, -0.15) is 11.8 Å². The van der Waals surface area contributed by atoms with Crippen molar-refractivity contribution < 1.29 is 8.78 Å². The number of rotatable bonds is 5. The second kappa shape index (κ2) is 7.81. The zero-order valence-corrected chi connectivity index (χ0v) is 13.9. The van der Waals surface area contributed by atoms with Gasteiger partial charge in [0.05, 0.1) is 0 Å². The summed E-state index contributed by atoms with van der Waals surface area (Å²) < 4.78 is 27.3. The van der Waals surface area contributed by atoms with Gasteiger partial charge < -0.3 is 10.6 Å². The maximum atomic E-state index is 13.5. The Bertz CT molecular complexity index is 508. The highest BCUT2D eigenvalue weighted by atomic mass is 32.2. The summed E-state index contributed by atoms with van der Waals surface area (Å²) in [6.07, 6.45) is 2.73. The molecule has 0 saturated carbocycles. The molecule has 1 unspecified atom stereocenters. The first kappa shape index (κ1) is 17.1. The fraction of sp³-hybridized carbons (Fsp3) is 0.562. The van der Waals surface area contributed by atoms with Crippen molar-refractivity contribution in [2.75, 3.05) is 25.9 Å². The van der Waals surface area contributed by atoms with Crippen molar-refractivity contribution in [2.45, 2.75) is 30.9 Å². The van der Waals surface area contributed by atoms with Gasteiger partial charge in [0.2, 0.25) is 0 Å². The molecule has 3 nitrogen and oxygen atoms in total. The maximum Gasteiger partial charge on any atom is 0.191 e. The molecule has 1 saturated heterocycles. The molecule has 0 radical (unpaired) electrons. The standard InChI is InChI=1S/C16H23F2N3S/c1-16(8-4-10-22-16)11-21-15(19-2)20-9-7-12-13(17)5-3-6-14(12)18/h3,5-6H,4,7-11H2,1-2H3,(H2,19,20,21).